The van der Waals surface area contributed by atoms with E-state index < -0.39 is 15.5 Å². The summed E-state index contributed by atoms with van der Waals surface area (Å²) < 4.78 is 56.7. The summed E-state index contributed by atoms with van der Waals surface area (Å²) in [7, 11) is -9.11. The van der Waals surface area contributed by atoms with E-state index in [1.54, 1.807) is 0 Å². The van der Waals surface area contributed by atoms with Crippen LogP contribution in [0.4, 0.5) is 19.4 Å². The van der Waals surface area contributed by atoms with E-state index in [0.717, 1.165) is 0 Å². The van der Waals surface area contributed by atoms with Crippen molar-refractivity contribution in [2.45, 2.75) is 19.1 Å². The SMILES string of the molecule is CC(C)S(F)(F)(F)(F)F. The van der Waals surface area contributed by atoms with Crippen LogP contribution in [-0.2, 0) is 0 Å². The van der Waals surface area contributed by atoms with Gasteiger partial charge in [0.15, 0.2) is 0 Å². The van der Waals surface area contributed by atoms with Gasteiger partial charge in [0.25, 0.3) is 10.2 Å². The van der Waals surface area contributed by atoms with Crippen LogP contribution in [0, 0.1) is 0 Å². The molecule has 0 unspecified atom stereocenters. The Hall–Kier alpha value is -0.0000000000000000555. The molecule has 0 aromatic heterocycles. The predicted molar refractivity (Wildman–Crippen MR) is 28.3 cm³/mol. The van der Waals surface area contributed by atoms with Gasteiger partial charge in [-0.05, 0) is 13.8 Å². The summed E-state index contributed by atoms with van der Waals surface area (Å²) in [5.74, 6) is 0. The molecule has 0 amide bonds. The second-order valence-corrected chi connectivity index (χ2v) is 5.08. The maximum atomic E-state index is 11.3. The summed E-state index contributed by atoms with van der Waals surface area (Å²) in [5.41, 5.74) is 0. The topological polar surface area (TPSA) is 0 Å². The molecule has 0 aliphatic heterocycles. The van der Waals surface area contributed by atoms with Crippen LogP contribution in [0.1, 0.15) is 13.8 Å². The van der Waals surface area contributed by atoms with Crippen LogP contribution in [-0.4, -0.2) is 5.25 Å². The van der Waals surface area contributed by atoms with Crippen molar-refractivity contribution >= 4 is 10.2 Å². The van der Waals surface area contributed by atoms with Gasteiger partial charge in [-0.1, -0.05) is 19.4 Å². The Bertz CT molecular complexity index is 115. The van der Waals surface area contributed by atoms with E-state index in [9.17, 15) is 19.4 Å². The monoisotopic (exact) mass is 170 g/mol. The number of halogens is 5. The largest absolute Gasteiger partial charge is 0.287 e. The molecule has 0 nitrogen and oxygen atoms in total. The molecule has 0 rings (SSSR count). The third-order valence-electron chi connectivity index (χ3n) is 0.891. The summed E-state index contributed by atoms with van der Waals surface area (Å²) in [6.07, 6.45) is 0. The first kappa shape index (κ1) is 9.00. The second-order valence-electron chi connectivity index (χ2n) is 2.08. The van der Waals surface area contributed by atoms with Crippen molar-refractivity contribution in [2.75, 3.05) is 0 Å². The minimum Gasteiger partial charge on any atom is -0.0976 e. The minimum atomic E-state index is -9.11. The van der Waals surface area contributed by atoms with E-state index >= 15 is 0 Å². The zero-order chi connectivity index (χ0) is 7.99. The Kier molecular flexibility index (Phi) is 1.21. The number of hydrogen-bond acceptors (Lipinski definition) is 0. The van der Waals surface area contributed by atoms with Crippen molar-refractivity contribution in [1.29, 1.82) is 0 Å². The van der Waals surface area contributed by atoms with E-state index in [-0.39, 0.29) is 0 Å². The molecule has 60 valence electrons. The highest BCUT2D eigenvalue weighted by atomic mass is 32.5. The molecule has 0 saturated carbocycles. The molecule has 0 aromatic rings. The van der Waals surface area contributed by atoms with Crippen molar-refractivity contribution in [3.05, 3.63) is 0 Å². The van der Waals surface area contributed by atoms with Crippen LogP contribution < -0.4 is 0 Å². The first-order chi connectivity index (χ1) is 3.43. The van der Waals surface area contributed by atoms with Crippen molar-refractivity contribution in [2.24, 2.45) is 0 Å². The maximum Gasteiger partial charge on any atom is 0.287 e. The van der Waals surface area contributed by atoms with Gasteiger partial charge in [0, 0.05) is 0 Å². The molecule has 0 N–H and O–H groups in total. The third-order valence-corrected chi connectivity index (χ3v) is 2.67. The van der Waals surface area contributed by atoms with E-state index in [1.807, 2.05) is 0 Å². The quantitative estimate of drug-likeness (QED) is 0.526. The standard InChI is InChI=1S/C3H7F5S/c1-3(2)9(4,5,6,7)8/h3H,1-2H3. The van der Waals surface area contributed by atoms with Gasteiger partial charge in [0.1, 0.15) is 0 Å². The fourth-order valence-electron chi connectivity index (χ4n) is 0. The molecule has 0 saturated heterocycles. The lowest BCUT2D eigenvalue weighted by Crippen LogP contribution is -2.18. The minimum absolute atomic E-state index is 0.446. The Balaban J connectivity index is 4.76. The molecule has 0 fully saturated rings. The van der Waals surface area contributed by atoms with Gasteiger partial charge in [0.2, 0.25) is 0 Å². The van der Waals surface area contributed by atoms with Crippen LogP contribution in [0.5, 0.6) is 0 Å². The molecule has 0 atom stereocenters. The zero-order valence-electron chi connectivity index (χ0n) is 4.88. The van der Waals surface area contributed by atoms with Gasteiger partial charge in [0.05, 0.1) is 5.25 Å². The van der Waals surface area contributed by atoms with Crippen molar-refractivity contribution < 1.29 is 19.4 Å². The van der Waals surface area contributed by atoms with Crippen molar-refractivity contribution in [1.82, 2.24) is 0 Å². The number of hydrogen-bond donors (Lipinski definition) is 0. The first-order valence-electron chi connectivity index (χ1n) is 2.16. The van der Waals surface area contributed by atoms with Crippen molar-refractivity contribution in [3.63, 3.8) is 0 Å². The van der Waals surface area contributed by atoms with Gasteiger partial charge in [-0.3, -0.25) is 0 Å². The zero-order valence-corrected chi connectivity index (χ0v) is 5.69. The molecule has 0 heterocycles. The molecule has 6 heteroatoms. The lowest BCUT2D eigenvalue weighted by atomic mass is 10.6. The Labute approximate surface area is 49.8 Å². The highest BCUT2D eigenvalue weighted by Crippen LogP contribution is 3.00. The van der Waals surface area contributed by atoms with Gasteiger partial charge < -0.3 is 0 Å². The average molecular weight is 170 g/mol. The van der Waals surface area contributed by atoms with E-state index in [4.69, 9.17) is 0 Å². The molecule has 0 spiro atoms. The fraction of sp³-hybridized carbons (Fsp3) is 1.00. The molecule has 0 aliphatic rings. The van der Waals surface area contributed by atoms with Crippen LogP contribution in [0.25, 0.3) is 0 Å². The van der Waals surface area contributed by atoms with E-state index in [1.165, 1.54) is 0 Å². The first-order valence-corrected chi connectivity index (χ1v) is 4.18. The Morgan fingerprint density at radius 3 is 1.00 bits per heavy atom. The predicted octanol–water partition coefficient (Wildman–Crippen LogP) is 3.69. The number of rotatable bonds is 1. The summed E-state index contributed by atoms with van der Waals surface area (Å²) in [6, 6.07) is 0. The fourth-order valence-corrected chi connectivity index (χ4v) is 0. The molecule has 9 heavy (non-hydrogen) atoms. The molecule has 0 bridgehead atoms. The van der Waals surface area contributed by atoms with Gasteiger partial charge in [-0.2, -0.15) is 0 Å². The molecular formula is C3H7F5S. The summed E-state index contributed by atoms with van der Waals surface area (Å²) in [4.78, 5) is 0. The highest BCUT2D eigenvalue weighted by Gasteiger charge is 2.66. The smallest absolute Gasteiger partial charge is 0.0976 e. The van der Waals surface area contributed by atoms with Gasteiger partial charge in [-0.15, -0.1) is 0 Å². The Morgan fingerprint density at radius 1 is 0.889 bits per heavy atom. The molecule has 0 aromatic carbocycles. The summed E-state index contributed by atoms with van der Waals surface area (Å²) in [6.45, 7) is 0.892. The van der Waals surface area contributed by atoms with Crippen LogP contribution >= 0.6 is 10.2 Å². The highest BCUT2D eigenvalue weighted by molar-refractivity contribution is 8.46. The van der Waals surface area contributed by atoms with Gasteiger partial charge in [-0.25, -0.2) is 0 Å². The third kappa shape index (κ3) is 2.88. The van der Waals surface area contributed by atoms with Crippen LogP contribution in [0.3, 0.4) is 0 Å². The van der Waals surface area contributed by atoms with Crippen molar-refractivity contribution in [3.8, 4) is 0 Å². The molecular weight excluding hydrogens is 163 g/mol. The normalized spacial score (nSPS) is 21.3. The lowest BCUT2D eigenvalue weighted by molar-refractivity contribution is 0.349. The van der Waals surface area contributed by atoms with Crippen LogP contribution in [0.15, 0.2) is 0 Å². The molecule has 0 radical (unpaired) electrons. The average Bonchev–Trinajstić information content (AvgIpc) is 1.24. The molecule has 0 aliphatic carbocycles. The van der Waals surface area contributed by atoms with Gasteiger partial charge >= 0.3 is 0 Å². The van der Waals surface area contributed by atoms with E-state index in [0.29, 0.717) is 13.8 Å². The van der Waals surface area contributed by atoms with E-state index in [2.05, 4.69) is 0 Å². The second kappa shape index (κ2) is 1.21. The summed E-state index contributed by atoms with van der Waals surface area (Å²) in [5, 5.41) is -2.52. The summed E-state index contributed by atoms with van der Waals surface area (Å²) >= 11 is 0. The maximum absolute atomic E-state index is 11.3. The van der Waals surface area contributed by atoms with Crippen LogP contribution in [0.2, 0.25) is 0 Å². The lowest BCUT2D eigenvalue weighted by Gasteiger charge is -2.44. The Morgan fingerprint density at radius 2 is 1.00 bits per heavy atom.